The fourth-order valence-electron chi connectivity index (χ4n) is 3.22. The molecule has 2 aromatic rings. The van der Waals surface area contributed by atoms with Gasteiger partial charge in [0.2, 0.25) is 0 Å². The zero-order valence-corrected chi connectivity index (χ0v) is 12.0. The van der Waals surface area contributed by atoms with Crippen LogP contribution in [0.25, 0.3) is 10.9 Å². The molecule has 2 heterocycles. The number of benzene rings is 1. The number of nitrogens with one attached hydrogen (secondary N) is 1. The molecule has 0 aliphatic carbocycles. The predicted octanol–water partition coefficient (Wildman–Crippen LogP) is 3.31. The molecular weight excluding hydrogens is 236 g/mol. The second-order valence-corrected chi connectivity index (χ2v) is 5.54. The molecule has 1 N–H and O–H groups in total. The number of aromatic nitrogens is 1. The number of hydrogen-bond donors (Lipinski definition) is 1. The van der Waals surface area contributed by atoms with Crippen LogP contribution >= 0.6 is 0 Å². The molecule has 1 fully saturated rings. The van der Waals surface area contributed by atoms with Crippen LogP contribution < -0.4 is 10.1 Å². The summed E-state index contributed by atoms with van der Waals surface area (Å²) in [5.41, 5.74) is 3.83. The normalized spacial score (nSPS) is 19.8. The maximum Gasteiger partial charge on any atom is 0.143 e. The quantitative estimate of drug-likeness (QED) is 0.894. The number of nitrogens with zero attached hydrogens (tertiary/aromatic N) is 1. The summed E-state index contributed by atoms with van der Waals surface area (Å²) in [6.45, 7) is 3.25. The van der Waals surface area contributed by atoms with Crippen LogP contribution in [0.5, 0.6) is 5.75 Å². The highest BCUT2D eigenvalue weighted by Gasteiger charge is 2.20. The van der Waals surface area contributed by atoms with Gasteiger partial charge in [0, 0.05) is 24.2 Å². The number of rotatable bonds is 2. The van der Waals surface area contributed by atoms with Crippen LogP contribution in [0.2, 0.25) is 0 Å². The number of fused-ring (bicyclic) bond motifs is 1. The Balaban J connectivity index is 2.13. The SMILES string of the molecule is COc1cc(C)cc2cc(C3CCCCN3)n(C)c12. The molecule has 0 spiro atoms. The summed E-state index contributed by atoms with van der Waals surface area (Å²) in [6.07, 6.45) is 3.84. The molecule has 1 aliphatic rings. The van der Waals surface area contributed by atoms with Gasteiger partial charge in [0.15, 0.2) is 0 Å². The first-order valence-corrected chi connectivity index (χ1v) is 7.08. The van der Waals surface area contributed by atoms with E-state index in [2.05, 4.69) is 42.1 Å². The van der Waals surface area contributed by atoms with Crippen molar-refractivity contribution in [1.82, 2.24) is 9.88 Å². The van der Waals surface area contributed by atoms with Crippen molar-refractivity contribution in [3.63, 3.8) is 0 Å². The zero-order valence-electron chi connectivity index (χ0n) is 12.0. The van der Waals surface area contributed by atoms with Gasteiger partial charge in [0.25, 0.3) is 0 Å². The number of methoxy groups -OCH3 is 1. The lowest BCUT2D eigenvalue weighted by Crippen LogP contribution is -2.28. The molecule has 3 heteroatoms. The Morgan fingerprint density at radius 2 is 2.11 bits per heavy atom. The van der Waals surface area contributed by atoms with Gasteiger partial charge in [-0.2, -0.15) is 0 Å². The maximum absolute atomic E-state index is 5.55. The number of ether oxygens (including phenoxy) is 1. The minimum Gasteiger partial charge on any atom is -0.495 e. The Morgan fingerprint density at radius 3 is 2.79 bits per heavy atom. The minimum atomic E-state index is 0.483. The Labute approximate surface area is 114 Å². The second-order valence-electron chi connectivity index (χ2n) is 5.54. The molecule has 1 atom stereocenters. The van der Waals surface area contributed by atoms with Crippen molar-refractivity contribution in [2.45, 2.75) is 32.2 Å². The van der Waals surface area contributed by atoms with E-state index in [1.165, 1.54) is 41.4 Å². The van der Waals surface area contributed by atoms with E-state index in [0.717, 1.165) is 12.3 Å². The highest BCUT2D eigenvalue weighted by atomic mass is 16.5. The fraction of sp³-hybridized carbons (Fsp3) is 0.500. The van der Waals surface area contributed by atoms with Crippen LogP contribution in [0.3, 0.4) is 0 Å². The molecule has 19 heavy (non-hydrogen) atoms. The molecule has 1 aromatic heterocycles. The molecule has 3 rings (SSSR count). The summed E-state index contributed by atoms with van der Waals surface area (Å²) in [4.78, 5) is 0. The van der Waals surface area contributed by atoms with Gasteiger partial charge >= 0.3 is 0 Å². The topological polar surface area (TPSA) is 26.2 Å². The Hall–Kier alpha value is -1.48. The highest BCUT2D eigenvalue weighted by Crippen LogP contribution is 2.33. The maximum atomic E-state index is 5.55. The molecule has 1 aromatic carbocycles. The zero-order chi connectivity index (χ0) is 13.4. The highest BCUT2D eigenvalue weighted by molar-refractivity contribution is 5.88. The van der Waals surface area contributed by atoms with Gasteiger partial charge in [-0.3, -0.25) is 0 Å². The van der Waals surface area contributed by atoms with Crippen LogP contribution in [0, 0.1) is 6.92 Å². The summed E-state index contributed by atoms with van der Waals surface area (Å²) in [5.74, 6) is 0.972. The van der Waals surface area contributed by atoms with Crippen molar-refractivity contribution in [3.05, 3.63) is 29.5 Å². The molecule has 0 amide bonds. The van der Waals surface area contributed by atoms with E-state index in [9.17, 15) is 0 Å². The molecule has 102 valence electrons. The van der Waals surface area contributed by atoms with Crippen molar-refractivity contribution in [2.75, 3.05) is 13.7 Å². The average molecular weight is 258 g/mol. The van der Waals surface area contributed by atoms with Gasteiger partial charge in [0.05, 0.1) is 12.6 Å². The minimum absolute atomic E-state index is 0.483. The summed E-state index contributed by atoms with van der Waals surface area (Å²) in [5, 5.41) is 4.91. The first kappa shape index (κ1) is 12.5. The summed E-state index contributed by atoms with van der Waals surface area (Å²) < 4.78 is 7.84. The van der Waals surface area contributed by atoms with Crippen LogP contribution in [-0.4, -0.2) is 18.2 Å². The summed E-state index contributed by atoms with van der Waals surface area (Å²) in [7, 11) is 3.89. The second kappa shape index (κ2) is 4.89. The monoisotopic (exact) mass is 258 g/mol. The van der Waals surface area contributed by atoms with Crippen molar-refractivity contribution >= 4 is 10.9 Å². The number of hydrogen-bond acceptors (Lipinski definition) is 2. The lowest BCUT2D eigenvalue weighted by atomic mass is 10.0. The van der Waals surface area contributed by atoms with Gasteiger partial charge in [-0.15, -0.1) is 0 Å². The van der Waals surface area contributed by atoms with Crippen molar-refractivity contribution in [3.8, 4) is 5.75 Å². The molecule has 0 bridgehead atoms. The first-order valence-electron chi connectivity index (χ1n) is 7.08. The fourth-order valence-corrected chi connectivity index (χ4v) is 3.22. The summed E-state index contributed by atoms with van der Waals surface area (Å²) in [6, 6.07) is 7.15. The van der Waals surface area contributed by atoms with Gasteiger partial charge in [-0.05, 0) is 50.1 Å². The van der Waals surface area contributed by atoms with E-state index in [-0.39, 0.29) is 0 Å². The predicted molar refractivity (Wildman–Crippen MR) is 78.8 cm³/mol. The van der Waals surface area contributed by atoms with Crippen molar-refractivity contribution < 1.29 is 4.74 Å². The van der Waals surface area contributed by atoms with Crippen LogP contribution in [0.4, 0.5) is 0 Å². The molecule has 3 nitrogen and oxygen atoms in total. The standard InChI is InChI=1S/C16H22N2O/c1-11-8-12-10-14(13-6-4-5-7-17-13)18(2)16(12)15(9-11)19-3/h8-10,13,17H,4-7H2,1-3H3. The number of piperidine rings is 1. The van der Waals surface area contributed by atoms with Gasteiger partial charge in [0.1, 0.15) is 5.75 Å². The lowest BCUT2D eigenvalue weighted by Gasteiger charge is -2.24. The lowest BCUT2D eigenvalue weighted by molar-refractivity contribution is 0.397. The molecule has 1 saturated heterocycles. The largest absolute Gasteiger partial charge is 0.495 e. The molecule has 1 unspecified atom stereocenters. The third-order valence-corrected chi connectivity index (χ3v) is 4.16. The van der Waals surface area contributed by atoms with Crippen molar-refractivity contribution in [2.24, 2.45) is 7.05 Å². The number of aryl methyl sites for hydroxylation is 2. The van der Waals surface area contributed by atoms with Crippen LogP contribution in [-0.2, 0) is 7.05 Å². The average Bonchev–Trinajstić information content (AvgIpc) is 2.76. The third-order valence-electron chi connectivity index (χ3n) is 4.16. The van der Waals surface area contributed by atoms with Gasteiger partial charge < -0.3 is 14.6 Å². The molecule has 0 radical (unpaired) electrons. The smallest absolute Gasteiger partial charge is 0.143 e. The van der Waals surface area contributed by atoms with Gasteiger partial charge in [-0.1, -0.05) is 6.42 Å². The van der Waals surface area contributed by atoms with Crippen LogP contribution in [0.1, 0.15) is 36.6 Å². The van der Waals surface area contributed by atoms with E-state index in [0.29, 0.717) is 6.04 Å². The van der Waals surface area contributed by atoms with Crippen molar-refractivity contribution in [1.29, 1.82) is 0 Å². The van der Waals surface area contributed by atoms with Gasteiger partial charge in [-0.25, -0.2) is 0 Å². The first-order chi connectivity index (χ1) is 9.20. The Bertz CT molecular complexity index is 594. The molecule has 1 aliphatic heterocycles. The van der Waals surface area contributed by atoms with E-state index < -0.39 is 0 Å². The van der Waals surface area contributed by atoms with E-state index >= 15 is 0 Å². The molecular formula is C16H22N2O. The van der Waals surface area contributed by atoms with Crippen LogP contribution in [0.15, 0.2) is 18.2 Å². The van der Waals surface area contributed by atoms with E-state index in [1.54, 1.807) is 7.11 Å². The Kier molecular flexibility index (Phi) is 3.23. The summed E-state index contributed by atoms with van der Waals surface area (Å²) >= 11 is 0. The molecule has 0 saturated carbocycles. The van der Waals surface area contributed by atoms with E-state index in [1.807, 2.05) is 0 Å². The third kappa shape index (κ3) is 2.12. The Morgan fingerprint density at radius 1 is 1.26 bits per heavy atom. The van der Waals surface area contributed by atoms with E-state index in [4.69, 9.17) is 4.74 Å².